The first-order valence-corrected chi connectivity index (χ1v) is 10.5. The average molecular weight is 361 g/mol. The number of aryl methyl sites for hydroxylation is 1. The molecule has 0 saturated carbocycles. The predicted molar refractivity (Wildman–Crippen MR) is 107 cm³/mol. The summed E-state index contributed by atoms with van der Waals surface area (Å²) in [5.74, 6) is 6.62. The summed E-state index contributed by atoms with van der Waals surface area (Å²) in [5, 5.41) is 8.52. The van der Waals surface area contributed by atoms with Gasteiger partial charge < -0.3 is 9.52 Å². The number of furan rings is 1. The Bertz CT molecular complexity index is 493. The fraction of sp³-hybridized carbons (Fsp3) is 0.696. The molecule has 3 nitrogen and oxygen atoms in total. The summed E-state index contributed by atoms with van der Waals surface area (Å²) in [6, 6.07) is 4.03. The van der Waals surface area contributed by atoms with Crippen molar-refractivity contribution in [1.82, 2.24) is 0 Å². The number of hydrogen-bond donors (Lipinski definition) is 1. The Morgan fingerprint density at radius 2 is 1.35 bits per heavy atom. The van der Waals surface area contributed by atoms with Gasteiger partial charge in [-0.15, -0.1) is 11.8 Å². The lowest BCUT2D eigenvalue weighted by molar-refractivity contribution is -0.137. The molecule has 3 heteroatoms. The minimum atomic E-state index is -0.725. The summed E-state index contributed by atoms with van der Waals surface area (Å²) in [5.41, 5.74) is 0. The molecule has 0 atom stereocenters. The first kappa shape index (κ1) is 22.4. The van der Waals surface area contributed by atoms with E-state index in [0.717, 1.165) is 25.0 Å². The minimum absolute atomic E-state index is 0.236. The molecule has 1 rings (SSSR count). The third kappa shape index (κ3) is 14.6. The third-order valence-corrected chi connectivity index (χ3v) is 4.62. The zero-order valence-corrected chi connectivity index (χ0v) is 16.3. The Morgan fingerprint density at radius 3 is 1.88 bits per heavy atom. The molecule has 0 radical (unpaired) electrons. The molecule has 0 saturated heterocycles. The summed E-state index contributed by atoms with van der Waals surface area (Å²) < 4.78 is 5.34. The number of rotatable bonds is 16. The number of unbranched alkanes of at least 4 members (excludes halogenated alkanes) is 12. The van der Waals surface area contributed by atoms with E-state index in [1.54, 1.807) is 6.26 Å². The zero-order chi connectivity index (χ0) is 18.7. The van der Waals surface area contributed by atoms with E-state index < -0.39 is 5.97 Å². The van der Waals surface area contributed by atoms with Gasteiger partial charge in [0.25, 0.3) is 0 Å². The predicted octanol–water partition coefficient (Wildman–Crippen LogP) is 6.76. The van der Waals surface area contributed by atoms with Gasteiger partial charge >= 0.3 is 5.97 Å². The fourth-order valence-electron chi connectivity index (χ4n) is 3.06. The quantitative estimate of drug-likeness (QED) is 0.262. The van der Waals surface area contributed by atoms with Crippen molar-refractivity contribution >= 4 is 5.97 Å². The van der Waals surface area contributed by atoms with Gasteiger partial charge in [0.15, 0.2) is 0 Å². The van der Waals surface area contributed by atoms with Gasteiger partial charge in [-0.3, -0.25) is 4.79 Å². The van der Waals surface area contributed by atoms with Crippen molar-refractivity contribution in [3.8, 4) is 11.8 Å². The Morgan fingerprint density at radius 1 is 0.808 bits per heavy atom. The summed E-state index contributed by atoms with van der Waals surface area (Å²) in [4.78, 5) is 10.3. The molecule has 0 aliphatic heterocycles. The molecule has 0 bridgehead atoms. The van der Waals surface area contributed by atoms with Gasteiger partial charge in [0, 0.05) is 25.7 Å². The van der Waals surface area contributed by atoms with Crippen LogP contribution in [0, 0.1) is 11.8 Å². The first-order valence-electron chi connectivity index (χ1n) is 10.5. The maximum atomic E-state index is 10.3. The van der Waals surface area contributed by atoms with E-state index in [1.807, 2.05) is 6.07 Å². The second kappa shape index (κ2) is 16.8. The van der Waals surface area contributed by atoms with Crippen molar-refractivity contribution in [2.45, 2.75) is 103 Å². The summed E-state index contributed by atoms with van der Waals surface area (Å²) in [6.07, 6.45) is 20.0. The highest BCUT2D eigenvalue weighted by Crippen LogP contribution is 2.13. The van der Waals surface area contributed by atoms with Gasteiger partial charge in [-0.25, -0.2) is 0 Å². The topological polar surface area (TPSA) is 50.4 Å². The first-order chi connectivity index (χ1) is 12.8. The van der Waals surface area contributed by atoms with Crippen molar-refractivity contribution in [1.29, 1.82) is 0 Å². The molecule has 0 fully saturated rings. The second-order valence-corrected chi connectivity index (χ2v) is 7.07. The number of aliphatic carboxylic acids is 1. The van der Waals surface area contributed by atoms with Gasteiger partial charge in [0.2, 0.25) is 0 Å². The van der Waals surface area contributed by atoms with E-state index in [2.05, 4.69) is 17.9 Å². The molecule has 26 heavy (non-hydrogen) atoms. The van der Waals surface area contributed by atoms with E-state index in [1.165, 1.54) is 70.6 Å². The molecule has 146 valence electrons. The SMILES string of the molecule is O=C(O)CCCC#CCCCCCCCCCCCCCc1ccco1. The van der Waals surface area contributed by atoms with Crippen molar-refractivity contribution in [2.75, 3.05) is 0 Å². The smallest absolute Gasteiger partial charge is 0.303 e. The van der Waals surface area contributed by atoms with Crippen LogP contribution in [-0.4, -0.2) is 11.1 Å². The van der Waals surface area contributed by atoms with Gasteiger partial charge in [-0.05, 0) is 31.4 Å². The largest absolute Gasteiger partial charge is 0.481 e. The lowest BCUT2D eigenvalue weighted by Crippen LogP contribution is -1.92. The molecular formula is C23H36O3. The molecule has 1 heterocycles. The standard InChI is InChI=1S/C23H36O3/c24-23(25)20-16-14-12-10-8-6-4-2-1-3-5-7-9-11-13-15-18-22-19-17-21-26-22/h17,19,21H,1-9,11,13-16,18,20H2,(H,24,25). The molecule has 1 aromatic rings. The van der Waals surface area contributed by atoms with Crippen LogP contribution in [0.4, 0.5) is 0 Å². The summed E-state index contributed by atoms with van der Waals surface area (Å²) in [6.45, 7) is 0. The van der Waals surface area contributed by atoms with Crippen LogP contribution in [0.3, 0.4) is 0 Å². The van der Waals surface area contributed by atoms with Crippen molar-refractivity contribution < 1.29 is 14.3 Å². The monoisotopic (exact) mass is 360 g/mol. The Labute approximate surface area is 159 Å². The highest BCUT2D eigenvalue weighted by Gasteiger charge is 1.97. The third-order valence-electron chi connectivity index (χ3n) is 4.62. The van der Waals surface area contributed by atoms with Crippen LogP contribution in [0.5, 0.6) is 0 Å². The van der Waals surface area contributed by atoms with Crippen LogP contribution in [0.1, 0.15) is 102 Å². The number of carboxylic acid groups (broad SMARTS) is 1. The molecule has 0 aliphatic carbocycles. The normalized spacial score (nSPS) is 10.5. The van der Waals surface area contributed by atoms with E-state index >= 15 is 0 Å². The highest BCUT2D eigenvalue weighted by molar-refractivity contribution is 5.66. The van der Waals surface area contributed by atoms with E-state index in [4.69, 9.17) is 9.52 Å². The van der Waals surface area contributed by atoms with Gasteiger partial charge in [0.05, 0.1) is 6.26 Å². The van der Waals surface area contributed by atoms with Crippen LogP contribution in [0.25, 0.3) is 0 Å². The number of carbonyl (C=O) groups is 1. The van der Waals surface area contributed by atoms with Crippen LogP contribution in [0.2, 0.25) is 0 Å². The lowest BCUT2D eigenvalue weighted by Gasteiger charge is -2.02. The molecule has 0 unspecified atom stereocenters. The summed E-state index contributed by atoms with van der Waals surface area (Å²) >= 11 is 0. The van der Waals surface area contributed by atoms with Crippen molar-refractivity contribution in [3.05, 3.63) is 24.2 Å². The average Bonchev–Trinajstić information content (AvgIpc) is 3.14. The van der Waals surface area contributed by atoms with Crippen LogP contribution >= 0.6 is 0 Å². The van der Waals surface area contributed by atoms with Gasteiger partial charge in [0.1, 0.15) is 5.76 Å². The number of carboxylic acids is 1. The maximum Gasteiger partial charge on any atom is 0.303 e. The number of hydrogen-bond acceptors (Lipinski definition) is 2. The molecule has 0 amide bonds. The molecule has 0 aromatic carbocycles. The Hall–Kier alpha value is -1.69. The van der Waals surface area contributed by atoms with Crippen molar-refractivity contribution in [3.63, 3.8) is 0 Å². The Balaban J connectivity index is 1.72. The highest BCUT2D eigenvalue weighted by atomic mass is 16.4. The summed E-state index contributed by atoms with van der Waals surface area (Å²) in [7, 11) is 0. The van der Waals surface area contributed by atoms with E-state index in [9.17, 15) is 4.79 Å². The fourth-order valence-corrected chi connectivity index (χ4v) is 3.06. The molecule has 0 spiro atoms. The molecule has 1 aromatic heterocycles. The minimum Gasteiger partial charge on any atom is -0.481 e. The van der Waals surface area contributed by atoms with E-state index in [0.29, 0.717) is 6.42 Å². The van der Waals surface area contributed by atoms with E-state index in [-0.39, 0.29) is 6.42 Å². The van der Waals surface area contributed by atoms with Gasteiger partial charge in [-0.1, -0.05) is 57.8 Å². The molecular weight excluding hydrogens is 324 g/mol. The van der Waals surface area contributed by atoms with Crippen LogP contribution in [0.15, 0.2) is 22.8 Å². The zero-order valence-electron chi connectivity index (χ0n) is 16.3. The molecule has 0 aliphatic rings. The second-order valence-electron chi connectivity index (χ2n) is 7.07. The lowest BCUT2D eigenvalue weighted by atomic mass is 10.0. The molecule has 1 N–H and O–H groups in total. The van der Waals surface area contributed by atoms with Crippen molar-refractivity contribution in [2.24, 2.45) is 0 Å². The maximum absolute atomic E-state index is 10.3. The van der Waals surface area contributed by atoms with Crippen LogP contribution < -0.4 is 0 Å². The van der Waals surface area contributed by atoms with Crippen LogP contribution in [-0.2, 0) is 11.2 Å². The Kier molecular flexibility index (Phi) is 14.4. The van der Waals surface area contributed by atoms with Gasteiger partial charge in [-0.2, -0.15) is 0 Å².